The number of amides is 1. The zero-order valence-electron chi connectivity index (χ0n) is 9.24. The number of carbonyl (C=O) groups excluding carboxylic acids is 1. The maximum Gasteiger partial charge on any atom is 0.271 e. The number of hydrogen-bond donors (Lipinski definition) is 1. The van der Waals surface area contributed by atoms with Crippen LogP contribution in [0.2, 0.25) is 5.15 Å². The Bertz CT molecular complexity index is 342. The Labute approximate surface area is 99.2 Å². The Kier molecular flexibility index (Phi) is 5.14. The first-order chi connectivity index (χ1) is 7.63. The normalized spacial score (nSPS) is 12.2. The van der Waals surface area contributed by atoms with Crippen molar-refractivity contribution >= 4 is 17.5 Å². The van der Waals surface area contributed by atoms with Crippen molar-refractivity contribution in [2.75, 3.05) is 20.3 Å². The Morgan fingerprint density at radius 2 is 2.31 bits per heavy atom. The Morgan fingerprint density at radius 1 is 1.56 bits per heavy atom. The van der Waals surface area contributed by atoms with Crippen molar-refractivity contribution in [3.05, 3.63) is 23.2 Å². The molecule has 1 aromatic rings. The molecule has 0 saturated carbocycles. The minimum absolute atomic E-state index is 0.257. The summed E-state index contributed by atoms with van der Waals surface area (Å²) < 4.78 is 4.96. The second-order valence-corrected chi connectivity index (χ2v) is 3.88. The van der Waals surface area contributed by atoms with Gasteiger partial charge in [-0.15, -0.1) is 0 Å². The lowest BCUT2D eigenvalue weighted by Crippen LogP contribution is -2.30. The molecular formula is C10H14ClN3O2. The first kappa shape index (κ1) is 12.9. The van der Waals surface area contributed by atoms with Crippen molar-refractivity contribution in [3.63, 3.8) is 0 Å². The van der Waals surface area contributed by atoms with Crippen molar-refractivity contribution < 1.29 is 9.53 Å². The van der Waals surface area contributed by atoms with Crippen molar-refractivity contribution in [2.24, 2.45) is 5.92 Å². The van der Waals surface area contributed by atoms with E-state index in [9.17, 15) is 4.79 Å². The molecule has 0 fully saturated rings. The molecule has 16 heavy (non-hydrogen) atoms. The fraction of sp³-hybridized carbons (Fsp3) is 0.500. The highest BCUT2D eigenvalue weighted by Gasteiger charge is 2.09. The molecule has 0 spiro atoms. The third-order valence-corrected chi connectivity index (χ3v) is 2.11. The van der Waals surface area contributed by atoms with Gasteiger partial charge in [-0.05, 0) is 5.92 Å². The van der Waals surface area contributed by atoms with E-state index in [4.69, 9.17) is 16.3 Å². The standard InChI is InChI=1S/C10H14ClN3O2/c1-7(6-16-2)3-14-10(15)8-4-13-9(11)5-12-8/h4-5,7H,3,6H2,1-2H3,(H,14,15). The van der Waals surface area contributed by atoms with Gasteiger partial charge >= 0.3 is 0 Å². The molecule has 1 aromatic heterocycles. The van der Waals surface area contributed by atoms with Crippen LogP contribution in [0.4, 0.5) is 0 Å². The van der Waals surface area contributed by atoms with Gasteiger partial charge in [-0.2, -0.15) is 0 Å². The lowest BCUT2D eigenvalue weighted by atomic mass is 10.2. The van der Waals surface area contributed by atoms with Gasteiger partial charge in [-0.3, -0.25) is 4.79 Å². The van der Waals surface area contributed by atoms with Crippen LogP contribution in [0.1, 0.15) is 17.4 Å². The highest BCUT2D eigenvalue weighted by Crippen LogP contribution is 2.01. The average molecular weight is 244 g/mol. The van der Waals surface area contributed by atoms with E-state index >= 15 is 0 Å². The monoisotopic (exact) mass is 243 g/mol. The fourth-order valence-corrected chi connectivity index (χ4v) is 1.23. The molecule has 0 aliphatic heterocycles. The second-order valence-electron chi connectivity index (χ2n) is 3.49. The van der Waals surface area contributed by atoms with Gasteiger partial charge in [0.1, 0.15) is 10.8 Å². The van der Waals surface area contributed by atoms with E-state index in [0.29, 0.717) is 13.2 Å². The number of rotatable bonds is 5. The number of methoxy groups -OCH3 is 1. The molecular weight excluding hydrogens is 230 g/mol. The quantitative estimate of drug-likeness (QED) is 0.843. The minimum atomic E-state index is -0.257. The van der Waals surface area contributed by atoms with Crippen LogP contribution in [0.5, 0.6) is 0 Å². The molecule has 1 rings (SSSR count). The van der Waals surface area contributed by atoms with E-state index in [-0.39, 0.29) is 22.7 Å². The minimum Gasteiger partial charge on any atom is -0.384 e. The fourth-order valence-electron chi connectivity index (χ4n) is 1.13. The molecule has 0 aromatic carbocycles. The van der Waals surface area contributed by atoms with Crippen LogP contribution in [0.15, 0.2) is 12.4 Å². The van der Waals surface area contributed by atoms with Gasteiger partial charge in [-0.1, -0.05) is 18.5 Å². The number of aromatic nitrogens is 2. The zero-order chi connectivity index (χ0) is 12.0. The van der Waals surface area contributed by atoms with Gasteiger partial charge in [-0.25, -0.2) is 9.97 Å². The summed E-state index contributed by atoms with van der Waals surface area (Å²) in [5.74, 6) is 0.00123. The number of hydrogen-bond acceptors (Lipinski definition) is 4. The topological polar surface area (TPSA) is 64.1 Å². The van der Waals surface area contributed by atoms with Crippen LogP contribution in [-0.4, -0.2) is 36.1 Å². The van der Waals surface area contributed by atoms with Crippen LogP contribution in [0.25, 0.3) is 0 Å². The molecule has 0 saturated heterocycles. The van der Waals surface area contributed by atoms with E-state index in [1.165, 1.54) is 12.4 Å². The number of nitrogens with zero attached hydrogens (tertiary/aromatic N) is 2. The number of ether oxygens (including phenoxy) is 1. The summed E-state index contributed by atoms with van der Waals surface area (Å²) in [5.41, 5.74) is 0.258. The zero-order valence-corrected chi connectivity index (χ0v) is 9.99. The van der Waals surface area contributed by atoms with Gasteiger partial charge in [0, 0.05) is 13.7 Å². The first-order valence-electron chi connectivity index (χ1n) is 4.88. The molecule has 0 aliphatic carbocycles. The first-order valence-corrected chi connectivity index (χ1v) is 5.26. The number of halogens is 1. The lowest BCUT2D eigenvalue weighted by molar-refractivity contribution is 0.0928. The molecule has 1 atom stereocenters. The number of nitrogens with one attached hydrogen (secondary N) is 1. The summed E-state index contributed by atoms with van der Waals surface area (Å²) >= 11 is 5.56. The summed E-state index contributed by atoms with van der Waals surface area (Å²) in [5, 5.41) is 3.01. The maximum atomic E-state index is 11.6. The Hall–Kier alpha value is -1.20. The maximum absolute atomic E-state index is 11.6. The highest BCUT2D eigenvalue weighted by atomic mass is 35.5. The van der Waals surface area contributed by atoms with Gasteiger partial charge in [0.15, 0.2) is 0 Å². The highest BCUT2D eigenvalue weighted by molar-refractivity contribution is 6.29. The lowest BCUT2D eigenvalue weighted by Gasteiger charge is -2.10. The molecule has 1 unspecified atom stereocenters. The molecule has 6 heteroatoms. The van der Waals surface area contributed by atoms with Crippen LogP contribution in [-0.2, 0) is 4.74 Å². The summed E-state index contributed by atoms with van der Waals surface area (Å²) in [7, 11) is 1.63. The molecule has 0 aliphatic rings. The van der Waals surface area contributed by atoms with E-state index < -0.39 is 0 Å². The predicted molar refractivity (Wildman–Crippen MR) is 60.4 cm³/mol. The van der Waals surface area contributed by atoms with Crippen LogP contribution in [0, 0.1) is 5.92 Å². The molecule has 0 radical (unpaired) electrons. The van der Waals surface area contributed by atoms with Gasteiger partial charge in [0.2, 0.25) is 0 Å². The Morgan fingerprint density at radius 3 is 2.88 bits per heavy atom. The van der Waals surface area contributed by atoms with Gasteiger partial charge < -0.3 is 10.1 Å². The SMILES string of the molecule is COCC(C)CNC(=O)c1cnc(Cl)cn1. The molecule has 0 bridgehead atoms. The van der Waals surface area contributed by atoms with Gasteiger partial charge in [0.05, 0.1) is 19.0 Å². The van der Waals surface area contributed by atoms with Crippen molar-refractivity contribution in [2.45, 2.75) is 6.92 Å². The summed E-state index contributed by atoms with van der Waals surface area (Å²) in [6.45, 7) is 3.13. The summed E-state index contributed by atoms with van der Waals surface area (Å²) in [4.78, 5) is 19.2. The summed E-state index contributed by atoms with van der Waals surface area (Å²) in [6, 6.07) is 0. The van der Waals surface area contributed by atoms with Crippen LogP contribution < -0.4 is 5.32 Å². The Balaban J connectivity index is 2.43. The molecule has 5 nitrogen and oxygen atoms in total. The third-order valence-electron chi connectivity index (χ3n) is 1.92. The van der Waals surface area contributed by atoms with Crippen molar-refractivity contribution in [1.29, 1.82) is 0 Å². The van der Waals surface area contributed by atoms with Crippen molar-refractivity contribution in [3.8, 4) is 0 Å². The predicted octanol–water partition coefficient (Wildman–Crippen LogP) is 1.14. The van der Waals surface area contributed by atoms with Crippen LogP contribution >= 0.6 is 11.6 Å². The second kappa shape index (κ2) is 6.40. The number of carbonyl (C=O) groups is 1. The molecule has 88 valence electrons. The van der Waals surface area contributed by atoms with E-state index in [0.717, 1.165) is 0 Å². The largest absolute Gasteiger partial charge is 0.384 e. The molecule has 1 N–H and O–H groups in total. The average Bonchev–Trinajstić information content (AvgIpc) is 2.27. The van der Waals surface area contributed by atoms with Crippen LogP contribution in [0.3, 0.4) is 0 Å². The van der Waals surface area contributed by atoms with E-state index in [1.807, 2.05) is 6.92 Å². The smallest absolute Gasteiger partial charge is 0.271 e. The molecule has 1 amide bonds. The van der Waals surface area contributed by atoms with Crippen molar-refractivity contribution in [1.82, 2.24) is 15.3 Å². The molecule has 1 heterocycles. The summed E-state index contributed by atoms with van der Waals surface area (Å²) in [6.07, 6.45) is 2.69. The third kappa shape index (κ3) is 4.12. The van der Waals surface area contributed by atoms with Gasteiger partial charge in [0.25, 0.3) is 5.91 Å². The van der Waals surface area contributed by atoms with E-state index in [1.54, 1.807) is 7.11 Å². The van der Waals surface area contributed by atoms with E-state index in [2.05, 4.69) is 15.3 Å².